The van der Waals surface area contributed by atoms with Gasteiger partial charge in [0.2, 0.25) is 0 Å². The first-order valence-corrected chi connectivity index (χ1v) is 5.39. The van der Waals surface area contributed by atoms with Gasteiger partial charge in [-0.2, -0.15) is 0 Å². The number of hydrogen-bond acceptors (Lipinski definition) is 3. The van der Waals surface area contributed by atoms with E-state index >= 15 is 0 Å². The summed E-state index contributed by atoms with van der Waals surface area (Å²) in [5, 5.41) is 0. The maximum absolute atomic E-state index is 11.1. The highest BCUT2D eigenvalue weighted by atomic mass is 16.5. The molecule has 0 aliphatic carbocycles. The Morgan fingerprint density at radius 2 is 1.79 bits per heavy atom. The van der Waals surface area contributed by atoms with Crippen molar-refractivity contribution in [2.24, 2.45) is 0 Å². The molecule has 0 N–H and O–H groups in total. The van der Waals surface area contributed by atoms with Gasteiger partial charge < -0.3 is 9.47 Å². The van der Waals surface area contributed by atoms with Gasteiger partial charge in [-0.15, -0.1) is 0 Å². The van der Waals surface area contributed by atoms with E-state index in [1.165, 1.54) is 0 Å². The Morgan fingerprint density at radius 1 is 1.07 bits per heavy atom. The highest BCUT2D eigenvalue weighted by Gasteiger charge is 1.99. The second-order valence-electron chi connectivity index (χ2n) is 3.35. The predicted octanol–water partition coefficient (Wildman–Crippen LogP) is 2.19. The first-order chi connectivity index (χ1) is 6.81. The monoisotopic (exact) mass is 202 g/mol. The smallest absolute Gasteiger partial charge is 0.132 e. The molecule has 0 aromatic rings. The van der Waals surface area contributed by atoms with Gasteiger partial charge in [0.15, 0.2) is 0 Å². The van der Waals surface area contributed by atoms with E-state index in [1.807, 2.05) is 6.92 Å². The van der Waals surface area contributed by atoms with Crippen LogP contribution in [0.2, 0.25) is 0 Å². The zero-order valence-electron chi connectivity index (χ0n) is 9.38. The average molecular weight is 202 g/mol. The molecule has 0 saturated heterocycles. The van der Waals surface area contributed by atoms with Crippen molar-refractivity contribution in [1.29, 1.82) is 0 Å². The molecule has 0 saturated carbocycles. The number of Topliss-reactive ketones (excluding diaryl/α,β-unsaturated/α-hetero) is 1. The van der Waals surface area contributed by atoms with Crippen LogP contribution in [0.3, 0.4) is 0 Å². The van der Waals surface area contributed by atoms with Crippen LogP contribution in [-0.4, -0.2) is 32.7 Å². The topological polar surface area (TPSA) is 35.5 Å². The summed E-state index contributed by atoms with van der Waals surface area (Å²) in [5.74, 6) is 0.355. The zero-order chi connectivity index (χ0) is 10.6. The van der Waals surface area contributed by atoms with Crippen molar-refractivity contribution in [2.45, 2.75) is 39.0 Å². The van der Waals surface area contributed by atoms with Crippen LogP contribution in [0.25, 0.3) is 0 Å². The van der Waals surface area contributed by atoms with Gasteiger partial charge in [-0.1, -0.05) is 6.92 Å². The fourth-order valence-electron chi connectivity index (χ4n) is 1.18. The fraction of sp³-hybridized carbons (Fsp3) is 0.909. The lowest BCUT2D eigenvalue weighted by Crippen LogP contribution is -2.03. The van der Waals surface area contributed by atoms with E-state index in [1.54, 1.807) is 7.11 Å². The Kier molecular flexibility index (Phi) is 10.4. The van der Waals surface area contributed by atoms with E-state index < -0.39 is 0 Å². The SMILES string of the molecule is CCCC(=O)CCCOCCCOC. The van der Waals surface area contributed by atoms with E-state index in [0.29, 0.717) is 25.2 Å². The van der Waals surface area contributed by atoms with E-state index in [0.717, 1.165) is 32.5 Å². The molecular formula is C11H22O3. The van der Waals surface area contributed by atoms with Crippen molar-refractivity contribution in [1.82, 2.24) is 0 Å². The van der Waals surface area contributed by atoms with Gasteiger partial charge in [-0.3, -0.25) is 4.79 Å². The molecule has 14 heavy (non-hydrogen) atoms. The van der Waals surface area contributed by atoms with E-state index in [-0.39, 0.29) is 0 Å². The molecule has 0 bridgehead atoms. The molecule has 0 atom stereocenters. The molecule has 0 aliphatic rings. The average Bonchev–Trinajstić information content (AvgIpc) is 2.17. The number of carbonyl (C=O) groups excluding carboxylic acids is 1. The van der Waals surface area contributed by atoms with Crippen LogP contribution < -0.4 is 0 Å². The second kappa shape index (κ2) is 10.7. The molecule has 0 radical (unpaired) electrons. The number of ether oxygens (including phenoxy) is 2. The first kappa shape index (κ1) is 13.6. The van der Waals surface area contributed by atoms with Gasteiger partial charge in [0.1, 0.15) is 5.78 Å². The van der Waals surface area contributed by atoms with Gasteiger partial charge in [0.05, 0.1) is 0 Å². The van der Waals surface area contributed by atoms with Crippen molar-refractivity contribution >= 4 is 5.78 Å². The largest absolute Gasteiger partial charge is 0.385 e. The predicted molar refractivity (Wildman–Crippen MR) is 56.5 cm³/mol. The van der Waals surface area contributed by atoms with Crippen LogP contribution in [0.5, 0.6) is 0 Å². The first-order valence-electron chi connectivity index (χ1n) is 5.39. The van der Waals surface area contributed by atoms with Crippen molar-refractivity contribution in [3.8, 4) is 0 Å². The third-order valence-electron chi connectivity index (χ3n) is 1.91. The minimum absolute atomic E-state index is 0.355. The van der Waals surface area contributed by atoms with Gasteiger partial charge in [0, 0.05) is 39.8 Å². The number of ketones is 1. The standard InChI is InChI=1S/C11H22O3/c1-3-6-11(12)7-4-9-14-10-5-8-13-2/h3-10H2,1-2H3. The summed E-state index contributed by atoms with van der Waals surface area (Å²) in [7, 11) is 1.68. The molecule has 3 heteroatoms. The summed E-state index contributed by atoms with van der Waals surface area (Å²) in [6.07, 6.45) is 4.11. The van der Waals surface area contributed by atoms with Crippen molar-refractivity contribution in [3.63, 3.8) is 0 Å². The number of hydrogen-bond donors (Lipinski definition) is 0. The van der Waals surface area contributed by atoms with Gasteiger partial charge in [-0.25, -0.2) is 0 Å². The van der Waals surface area contributed by atoms with Crippen LogP contribution in [0, 0.1) is 0 Å². The number of methoxy groups -OCH3 is 1. The maximum atomic E-state index is 11.1. The molecular weight excluding hydrogens is 180 g/mol. The molecule has 84 valence electrons. The molecule has 0 spiro atoms. The molecule has 3 nitrogen and oxygen atoms in total. The van der Waals surface area contributed by atoms with Crippen LogP contribution in [0.1, 0.15) is 39.0 Å². The summed E-state index contributed by atoms with van der Waals surface area (Å²) in [6.45, 7) is 4.20. The lowest BCUT2D eigenvalue weighted by atomic mass is 10.1. The Bertz CT molecular complexity index is 134. The molecule has 0 fully saturated rings. The van der Waals surface area contributed by atoms with E-state index in [4.69, 9.17) is 9.47 Å². The molecule has 0 aromatic heterocycles. The lowest BCUT2D eigenvalue weighted by Gasteiger charge is -2.03. The molecule has 0 aliphatic heterocycles. The Labute approximate surface area is 86.8 Å². The van der Waals surface area contributed by atoms with E-state index in [9.17, 15) is 4.79 Å². The Balaban J connectivity index is 3.01. The summed E-state index contributed by atoms with van der Waals surface area (Å²) in [5.41, 5.74) is 0. The summed E-state index contributed by atoms with van der Waals surface area (Å²) in [6, 6.07) is 0. The normalized spacial score (nSPS) is 10.4. The lowest BCUT2D eigenvalue weighted by molar-refractivity contribution is -0.119. The third-order valence-corrected chi connectivity index (χ3v) is 1.91. The van der Waals surface area contributed by atoms with Crippen LogP contribution in [0.15, 0.2) is 0 Å². The minimum atomic E-state index is 0.355. The molecule has 0 amide bonds. The van der Waals surface area contributed by atoms with Gasteiger partial charge in [-0.05, 0) is 19.3 Å². The highest BCUT2D eigenvalue weighted by molar-refractivity contribution is 5.78. The summed E-state index contributed by atoms with van der Waals surface area (Å²) in [4.78, 5) is 11.1. The van der Waals surface area contributed by atoms with Gasteiger partial charge >= 0.3 is 0 Å². The Hall–Kier alpha value is -0.410. The second-order valence-corrected chi connectivity index (χ2v) is 3.35. The Morgan fingerprint density at radius 3 is 2.43 bits per heavy atom. The minimum Gasteiger partial charge on any atom is -0.385 e. The molecule has 0 rings (SSSR count). The highest BCUT2D eigenvalue weighted by Crippen LogP contribution is 1.98. The van der Waals surface area contributed by atoms with Crippen LogP contribution in [0.4, 0.5) is 0 Å². The fourth-order valence-corrected chi connectivity index (χ4v) is 1.18. The van der Waals surface area contributed by atoms with Crippen molar-refractivity contribution in [2.75, 3.05) is 26.9 Å². The summed E-state index contributed by atoms with van der Waals surface area (Å²) < 4.78 is 10.2. The van der Waals surface area contributed by atoms with Crippen LogP contribution in [-0.2, 0) is 14.3 Å². The van der Waals surface area contributed by atoms with Crippen molar-refractivity contribution in [3.05, 3.63) is 0 Å². The number of rotatable bonds is 10. The van der Waals surface area contributed by atoms with Crippen LogP contribution >= 0.6 is 0 Å². The molecule has 0 heterocycles. The third kappa shape index (κ3) is 9.68. The molecule has 0 unspecified atom stereocenters. The molecule has 0 aromatic carbocycles. The summed E-state index contributed by atoms with van der Waals surface area (Å²) >= 11 is 0. The van der Waals surface area contributed by atoms with Crippen molar-refractivity contribution < 1.29 is 14.3 Å². The zero-order valence-corrected chi connectivity index (χ0v) is 9.38. The quantitative estimate of drug-likeness (QED) is 0.509. The number of carbonyl (C=O) groups is 1. The van der Waals surface area contributed by atoms with Gasteiger partial charge in [0.25, 0.3) is 0 Å². The maximum Gasteiger partial charge on any atom is 0.132 e. The van der Waals surface area contributed by atoms with E-state index in [2.05, 4.69) is 0 Å².